The number of thiophene rings is 1. The number of aromatic nitrogens is 1. The smallest absolute Gasteiger partial charge is 0.0840 e. The molecule has 4 heterocycles. The normalized spacial score (nSPS) is 23.8. The lowest BCUT2D eigenvalue weighted by molar-refractivity contribution is -0.0467. The van der Waals surface area contributed by atoms with Crippen LogP contribution in [0, 0.1) is 0 Å². The van der Waals surface area contributed by atoms with Gasteiger partial charge >= 0.3 is 0 Å². The lowest BCUT2D eigenvalue weighted by Gasteiger charge is -2.38. The van der Waals surface area contributed by atoms with Crippen molar-refractivity contribution in [2.75, 3.05) is 19.7 Å². The molecule has 0 radical (unpaired) electrons. The minimum absolute atomic E-state index is 0.0472. The highest BCUT2D eigenvalue weighted by molar-refractivity contribution is 7.09. The van der Waals surface area contributed by atoms with Crippen LogP contribution in [0.2, 0.25) is 0 Å². The summed E-state index contributed by atoms with van der Waals surface area (Å²) in [5.74, 6) is 0. The lowest BCUT2D eigenvalue weighted by Crippen LogP contribution is -2.43. The average Bonchev–Trinajstić information content (AvgIpc) is 3.27. The van der Waals surface area contributed by atoms with Crippen LogP contribution in [0.3, 0.4) is 0 Å². The average molecular weight is 344 g/mol. The molecule has 2 aromatic heterocycles. The molecule has 0 saturated carbocycles. The zero-order chi connectivity index (χ0) is 16.2. The number of nitrogens with zero attached hydrogens (tertiary/aromatic N) is 2. The fourth-order valence-corrected chi connectivity index (χ4v) is 4.44. The van der Waals surface area contributed by atoms with E-state index in [1.807, 2.05) is 23.6 Å². The minimum atomic E-state index is 0.0472. The highest BCUT2D eigenvalue weighted by atomic mass is 32.1. The van der Waals surface area contributed by atoms with Gasteiger partial charge in [0.2, 0.25) is 0 Å². The van der Waals surface area contributed by atoms with Crippen molar-refractivity contribution in [1.82, 2.24) is 9.88 Å². The molecule has 5 heteroatoms. The van der Waals surface area contributed by atoms with Crippen LogP contribution in [0.15, 0.2) is 42.0 Å². The topological polar surface area (TPSA) is 34.6 Å². The van der Waals surface area contributed by atoms with Gasteiger partial charge in [0.15, 0.2) is 0 Å². The third-order valence-electron chi connectivity index (χ3n) is 5.11. The molecule has 2 aliphatic rings. The third kappa shape index (κ3) is 3.86. The van der Waals surface area contributed by atoms with Gasteiger partial charge < -0.3 is 9.47 Å². The maximum Gasteiger partial charge on any atom is 0.0840 e. The van der Waals surface area contributed by atoms with Gasteiger partial charge in [-0.15, -0.1) is 11.3 Å². The Bertz CT molecular complexity index is 624. The van der Waals surface area contributed by atoms with Gasteiger partial charge in [0.05, 0.1) is 24.9 Å². The summed E-state index contributed by atoms with van der Waals surface area (Å²) in [5, 5.41) is 2.16. The van der Waals surface area contributed by atoms with E-state index in [2.05, 4.69) is 33.5 Å². The number of rotatable bonds is 5. The van der Waals surface area contributed by atoms with Gasteiger partial charge in [0.1, 0.15) is 0 Å². The quantitative estimate of drug-likeness (QED) is 0.832. The molecular weight excluding hydrogens is 320 g/mol. The van der Waals surface area contributed by atoms with Crippen LogP contribution in [-0.2, 0) is 22.6 Å². The van der Waals surface area contributed by atoms with Crippen molar-refractivity contribution in [3.63, 3.8) is 0 Å². The van der Waals surface area contributed by atoms with Crippen LogP contribution in [0.4, 0.5) is 0 Å². The molecule has 1 spiro atoms. The zero-order valence-electron chi connectivity index (χ0n) is 13.9. The van der Waals surface area contributed by atoms with Gasteiger partial charge in [-0.1, -0.05) is 12.1 Å². The van der Waals surface area contributed by atoms with E-state index in [0.29, 0.717) is 6.61 Å². The van der Waals surface area contributed by atoms with Crippen molar-refractivity contribution in [3.8, 4) is 0 Å². The molecule has 0 unspecified atom stereocenters. The standard InChI is InChI=1S/C19H24N2O2S/c1-3-16(12-20-7-1)14-22-17-11-19(23-15-17)5-8-21(9-6-19)13-18-4-2-10-24-18/h1-4,7,10,12,17H,5-6,8-9,11,13-15H2/t17-/m1/s1. The number of likely N-dealkylation sites (tertiary alicyclic amines) is 1. The van der Waals surface area contributed by atoms with E-state index in [1.165, 1.54) is 4.88 Å². The van der Waals surface area contributed by atoms with Crippen molar-refractivity contribution >= 4 is 11.3 Å². The van der Waals surface area contributed by atoms with E-state index in [9.17, 15) is 0 Å². The number of piperidine rings is 1. The molecule has 2 aromatic rings. The second-order valence-electron chi connectivity index (χ2n) is 6.85. The monoisotopic (exact) mass is 344 g/mol. The Morgan fingerprint density at radius 2 is 2.21 bits per heavy atom. The van der Waals surface area contributed by atoms with Gasteiger partial charge in [0, 0.05) is 43.3 Å². The second-order valence-corrected chi connectivity index (χ2v) is 7.88. The number of hydrogen-bond donors (Lipinski definition) is 0. The lowest BCUT2D eigenvalue weighted by atomic mass is 9.88. The fraction of sp³-hybridized carbons (Fsp3) is 0.526. The molecule has 0 N–H and O–H groups in total. The van der Waals surface area contributed by atoms with E-state index in [-0.39, 0.29) is 11.7 Å². The largest absolute Gasteiger partial charge is 0.372 e. The molecule has 0 amide bonds. The molecule has 0 aromatic carbocycles. The number of ether oxygens (including phenoxy) is 2. The van der Waals surface area contributed by atoms with Gasteiger partial charge in [-0.25, -0.2) is 0 Å². The zero-order valence-corrected chi connectivity index (χ0v) is 14.7. The Labute approximate surface area is 147 Å². The van der Waals surface area contributed by atoms with Gasteiger partial charge in [-0.3, -0.25) is 9.88 Å². The Kier molecular flexibility index (Phi) is 4.94. The summed E-state index contributed by atoms with van der Waals surface area (Å²) in [4.78, 5) is 8.14. The Morgan fingerprint density at radius 3 is 2.96 bits per heavy atom. The molecule has 1 atom stereocenters. The van der Waals surface area contributed by atoms with Crippen LogP contribution >= 0.6 is 11.3 Å². The van der Waals surface area contributed by atoms with Gasteiger partial charge in [0.25, 0.3) is 0 Å². The summed E-state index contributed by atoms with van der Waals surface area (Å²) in [5.41, 5.74) is 1.18. The molecule has 128 valence electrons. The first-order chi connectivity index (χ1) is 11.8. The van der Waals surface area contributed by atoms with Crippen molar-refractivity contribution in [1.29, 1.82) is 0 Å². The van der Waals surface area contributed by atoms with Crippen molar-refractivity contribution in [2.45, 2.75) is 44.1 Å². The Balaban J connectivity index is 1.24. The maximum absolute atomic E-state index is 6.20. The van der Waals surface area contributed by atoms with E-state index in [0.717, 1.165) is 51.1 Å². The van der Waals surface area contributed by atoms with Crippen molar-refractivity contribution in [3.05, 3.63) is 52.5 Å². The second kappa shape index (κ2) is 7.31. The van der Waals surface area contributed by atoms with Crippen LogP contribution < -0.4 is 0 Å². The molecule has 24 heavy (non-hydrogen) atoms. The summed E-state index contributed by atoms with van der Waals surface area (Å²) < 4.78 is 12.3. The van der Waals surface area contributed by atoms with Crippen LogP contribution in [0.5, 0.6) is 0 Å². The molecule has 0 aliphatic carbocycles. The molecule has 4 rings (SSSR count). The predicted octanol–water partition coefficient (Wildman–Crippen LogP) is 3.48. The van der Waals surface area contributed by atoms with E-state index in [1.54, 1.807) is 6.20 Å². The first-order valence-electron chi connectivity index (χ1n) is 8.71. The summed E-state index contributed by atoms with van der Waals surface area (Å²) in [7, 11) is 0. The first-order valence-corrected chi connectivity index (χ1v) is 9.59. The Hall–Kier alpha value is -1.27. The summed E-state index contributed by atoms with van der Waals surface area (Å²) in [6.07, 6.45) is 7.14. The molecular formula is C19H24N2O2S. The Morgan fingerprint density at radius 1 is 1.29 bits per heavy atom. The highest BCUT2D eigenvalue weighted by Gasteiger charge is 2.43. The van der Waals surface area contributed by atoms with Crippen LogP contribution in [-0.4, -0.2) is 41.3 Å². The van der Waals surface area contributed by atoms with E-state index in [4.69, 9.17) is 9.47 Å². The molecule has 2 fully saturated rings. The highest BCUT2D eigenvalue weighted by Crippen LogP contribution is 2.37. The molecule has 0 bridgehead atoms. The maximum atomic E-state index is 6.20. The molecule has 2 aliphatic heterocycles. The molecule has 2 saturated heterocycles. The van der Waals surface area contributed by atoms with Crippen molar-refractivity contribution < 1.29 is 9.47 Å². The summed E-state index contributed by atoms with van der Waals surface area (Å²) in [6.45, 7) is 4.67. The van der Waals surface area contributed by atoms with Crippen LogP contribution in [0.25, 0.3) is 0 Å². The number of hydrogen-bond acceptors (Lipinski definition) is 5. The minimum Gasteiger partial charge on any atom is -0.372 e. The van der Waals surface area contributed by atoms with E-state index >= 15 is 0 Å². The van der Waals surface area contributed by atoms with E-state index < -0.39 is 0 Å². The van der Waals surface area contributed by atoms with Gasteiger partial charge in [-0.2, -0.15) is 0 Å². The fourth-order valence-electron chi connectivity index (χ4n) is 3.70. The van der Waals surface area contributed by atoms with Crippen LogP contribution in [0.1, 0.15) is 29.7 Å². The van der Waals surface area contributed by atoms with Gasteiger partial charge in [-0.05, 0) is 35.9 Å². The first kappa shape index (κ1) is 16.2. The van der Waals surface area contributed by atoms with Crippen molar-refractivity contribution in [2.24, 2.45) is 0 Å². The SMILES string of the molecule is c1cncc(CO[C@H]2COC3(CCN(Cc4cccs4)CC3)C2)c1. The third-order valence-corrected chi connectivity index (χ3v) is 5.97. The summed E-state index contributed by atoms with van der Waals surface area (Å²) in [6, 6.07) is 8.37. The summed E-state index contributed by atoms with van der Waals surface area (Å²) >= 11 is 1.85. The number of pyridine rings is 1. The molecule has 4 nitrogen and oxygen atoms in total. The predicted molar refractivity (Wildman–Crippen MR) is 94.9 cm³/mol.